The van der Waals surface area contributed by atoms with Crippen molar-refractivity contribution >= 4 is 5.91 Å². The van der Waals surface area contributed by atoms with Crippen molar-refractivity contribution in [2.75, 3.05) is 6.67 Å². The van der Waals surface area contributed by atoms with E-state index >= 15 is 0 Å². The Balaban J connectivity index is 2.84. The van der Waals surface area contributed by atoms with Crippen molar-refractivity contribution < 1.29 is 9.18 Å². The molecule has 1 aromatic rings. The molecule has 1 heterocycles. The maximum atomic E-state index is 12.1. The molecule has 0 fully saturated rings. The molecule has 1 amide bonds. The van der Waals surface area contributed by atoms with E-state index in [1.165, 1.54) is 0 Å². The van der Waals surface area contributed by atoms with Gasteiger partial charge in [-0.3, -0.25) is 4.79 Å². The molecule has 0 spiro atoms. The second-order valence-corrected chi connectivity index (χ2v) is 2.71. The van der Waals surface area contributed by atoms with Crippen LogP contribution < -0.4 is 5.73 Å². The van der Waals surface area contributed by atoms with Crippen molar-refractivity contribution in [3.05, 3.63) is 24.0 Å². The average Bonchev–Trinajstić information content (AvgIpc) is 2.51. The number of hydrogen-bond acceptors (Lipinski definition) is 1. The fraction of sp³-hybridized carbons (Fsp3) is 0.375. The third-order valence-corrected chi connectivity index (χ3v) is 1.73. The summed E-state index contributed by atoms with van der Waals surface area (Å²) < 4.78 is 13.8. The highest BCUT2D eigenvalue weighted by Crippen LogP contribution is 2.09. The van der Waals surface area contributed by atoms with E-state index in [1.54, 1.807) is 30.0 Å². The van der Waals surface area contributed by atoms with Gasteiger partial charge in [0.15, 0.2) is 0 Å². The number of primary amides is 1. The van der Waals surface area contributed by atoms with Crippen LogP contribution in [-0.2, 0) is 0 Å². The monoisotopic (exact) mass is 170 g/mol. The number of halogens is 1. The average molecular weight is 170 g/mol. The third-order valence-electron chi connectivity index (χ3n) is 1.73. The molecule has 0 aliphatic heterocycles. The molecular weight excluding hydrogens is 159 g/mol. The Morgan fingerprint density at radius 2 is 2.50 bits per heavy atom. The lowest BCUT2D eigenvalue weighted by atomic mass is 10.3. The van der Waals surface area contributed by atoms with Crippen molar-refractivity contribution in [2.24, 2.45) is 5.73 Å². The van der Waals surface area contributed by atoms with Crippen LogP contribution in [0.4, 0.5) is 4.39 Å². The molecule has 1 aromatic heterocycles. The van der Waals surface area contributed by atoms with Crippen molar-refractivity contribution in [1.82, 2.24) is 4.57 Å². The lowest BCUT2D eigenvalue weighted by Crippen LogP contribution is -2.10. The van der Waals surface area contributed by atoms with Gasteiger partial charge < -0.3 is 10.3 Å². The summed E-state index contributed by atoms with van der Waals surface area (Å²) in [7, 11) is 0. The summed E-state index contributed by atoms with van der Waals surface area (Å²) in [5.41, 5.74) is 5.43. The van der Waals surface area contributed by atoms with Crippen LogP contribution in [0.15, 0.2) is 18.5 Å². The summed E-state index contributed by atoms with van der Waals surface area (Å²) in [4.78, 5) is 10.6. The fourth-order valence-electron chi connectivity index (χ4n) is 0.913. The lowest BCUT2D eigenvalue weighted by molar-refractivity contribution is 0.1000. The molecule has 0 saturated carbocycles. The number of carbonyl (C=O) groups excluding carboxylic acids is 1. The molecule has 0 saturated heterocycles. The zero-order valence-electron chi connectivity index (χ0n) is 6.83. The van der Waals surface area contributed by atoms with Crippen molar-refractivity contribution in [2.45, 2.75) is 13.0 Å². The SMILES string of the molecule is CC(CF)n1ccc(C(N)=O)c1. The smallest absolute Gasteiger partial charge is 0.250 e. The van der Waals surface area contributed by atoms with E-state index in [2.05, 4.69) is 0 Å². The van der Waals surface area contributed by atoms with E-state index in [0.29, 0.717) is 5.56 Å². The van der Waals surface area contributed by atoms with Crippen LogP contribution in [0.5, 0.6) is 0 Å². The minimum Gasteiger partial charge on any atom is -0.366 e. The Labute approximate surface area is 70.0 Å². The third kappa shape index (κ3) is 1.64. The molecule has 0 aliphatic carbocycles. The highest BCUT2D eigenvalue weighted by molar-refractivity contribution is 5.92. The Bertz CT molecular complexity index is 282. The summed E-state index contributed by atoms with van der Waals surface area (Å²) in [6, 6.07) is 1.34. The first-order valence-electron chi connectivity index (χ1n) is 3.68. The van der Waals surface area contributed by atoms with Crippen molar-refractivity contribution in [3.8, 4) is 0 Å². The maximum absolute atomic E-state index is 12.1. The van der Waals surface area contributed by atoms with E-state index < -0.39 is 12.6 Å². The van der Waals surface area contributed by atoms with Crippen LogP contribution in [0.1, 0.15) is 23.3 Å². The van der Waals surface area contributed by atoms with Gasteiger partial charge in [-0.25, -0.2) is 4.39 Å². The van der Waals surface area contributed by atoms with Crippen molar-refractivity contribution in [1.29, 1.82) is 0 Å². The normalized spacial score (nSPS) is 12.8. The fourth-order valence-corrected chi connectivity index (χ4v) is 0.913. The Morgan fingerprint density at radius 1 is 1.83 bits per heavy atom. The molecule has 66 valence electrons. The van der Waals surface area contributed by atoms with Crippen LogP contribution in [0, 0.1) is 0 Å². The Morgan fingerprint density at radius 3 is 2.92 bits per heavy atom. The number of carbonyl (C=O) groups is 1. The zero-order chi connectivity index (χ0) is 9.14. The predicted molar refractivity (Wildman–Crippen MR) is 43.6 cm³/mol. The predicted octanol–water partition coefficient (Wildman–Crippen LogP) is 1.12. The van der Waals surface area contributed by atoms with E-state index in [9.17, 15) is 9.18 Å². The molecule has 0 bridgehead atoms. The number of rotatable bonds is 3. The molecular formula is C8H11FN2O. The summed E-state index contributed by atoms with van der Waals surface area (Å²) >= 11 is 0. The quantitative estimate of drug-likeness (QED) is 0.725. The van der Waals surface area contributed by atoms with Crippen LogP contribution >= 0.6 is 0 Å². The lowest BCUT2D eigenvalue weighted by Gasteiger charge is -2.07. The number of alkyl halides is 1. The molecule has 1 atom stereocenters. The van der Waals surface area contributed by atoms with Gasteiger partial charge in [0.25, 0.3) is 0 Å². The number of hydrogen-bond donors (Lipinski definition) is 1. The topological polar surface area (TPSA) is 48.0 Å². The molecule has 0 aromatic carbocycles. The van der Waals surface area contributed by atoms with Gasteiger partial charge in [-0.1, -0.05) is 0 Å². The van der Waals surface area contributed by atoms with Gasteiger partial charge >= 0.3 is 0 Å². The van der Waals surface area contributed by atoms with E-state index in [0.717, 1.165) is 0 Å². The summed E-state index contributed by atoms with van der Waals surface area (Å²) in [5.74, 6) is -0.486. The zero-order valence-corrected chi connectivity index (χ0v) is 6.83. The maximum Gasteiger partial charge on any atom is 0.250 e. The number of nitrogens with two attached hydrogens (primary N) is 1. The van der Waals surface area contributed by atoms with Gasteiger partial charge in [0.1, 0.15) is 6.67 Å². The molecule has 0 radical (unpaired) electrons. The first kappa shape index (κ1) is 8.77. The summed E-state index contributed by atoms with van der Waals surface area (Å²) in [6.07, 6.45) is 3.19. The number of amides is 1. The molecule has 12 heavy (non-hydrogen) atoms. The molecule has 2 N–H and O–H groups in total. The molecule has 0 aliphatic rings. The largest absolute Gasteiger partial charge is 0.366 e. The summed E-state index contributed by atoms with van der Waals surface area (Å²) in [5, 5.41) is 0. The van der Waals surface area contributed by atoms with Gasteiger partial charge in [-0.05, 0) is 13.0 Å². The highest BCUT2D eigenvalue weighted by atomic mass is 19.1. The number of aromatic nitrogens is 1. The Kier molecular flexibility index (Phi) is 2.47. The van der Waals surface area contributed by atoms with Gasteiger partial charge in [0, 0.05) is 12.4 Å². The molecule has 4 heteroatoms. The van der Waals surface area contributed by atoms with Gasteiger partial charge in [-0.2, -0.15) is 0 Å². The van der Waals surface area contributed by atoms with E-state index in [-0.39, 0.29) is 6.04 Å². The van der Waals surface area contributed by atoms with Crippen LogP contribution in [-0.4, -0.2) is 17.1 Å². The van der Waals surface area contributed by atoms with Crippen LogP contribution in [0.25, 0.3) is 0 Å². The highest BCUT2D eigenvalue weighted by Gasteiger charge is 2.06. The standard InChI is InChI=1S/C8H11FN2O/c1-6(4-9)11-3-2-7(5-11)8(10)12/h2-3,5-6H,4H2,1H3,(H2,10,12). The minimum atomic E-state index is -0.486. The second kappa shape index (κ2) is 3.38. The molecule has 3 nitrogen and oxygen atoms in total. The Hall–Kier alpha value is -1.32. The molecule has 1 unspecified atom stereocenters. The second-order valence-electron chi connectivity index (χ2n) is 2.71. The first-order valence-corrected chi connectivity index (χ1v) is 3.68. The minimum absolute atomic E-state index is 0.238. The first-order chi connectivity index (χ1) is 5.65. The molecule has 1 rings (SSSR count). The van der Waals surface area contributed by atoms with Gasteiger partial charge in [-0.15, -0.1) is 0 Å². The van der Waals surface area contributed by atoms with E-state index in [4.69, 9.17) is 5.73 Å². The van der Waals surface area contributed by atoms with E-state index in [1.807, 2.05) is 0 Å². The van der Waals surface area contributed by atoms with Gasteiger partial charge in [0.05, 0.1) is 11.6 Å². The van der Waals surface area contributed by atoms with Crippen LogP contribution in [0.2, 0.25) is 0 Å². The number of nitrogens with zero attached hydrogens (tertiary/aromatic N) is 1. The van der Waals surface area contributed by atoms with Crippen LogP contribution in [0.3, 0.4) is 0 Å². The van der Waals surface area contributed by atoms with Crippen molar-refractivity contribution in [3.63, 3.8) is 0 Å². The van der Waals surface area contributed by atoms with Gasteiger partial charge in [0.2, 0.25) is 5.91 Å². The summed E-state index contributed by atoms with van der Waals surface area (Å²) in [6.45, 7) is 1.28.